The van der Waals surface area contributed by atoms with Crippen LogP contribution in [0.3, 0.4) is 0 Å². The Kier molecular flexibility index (Phi) is 4.46. The maximum atomic E-state index is 12.4. The summed E-state index contributed by atoms with van der Waals surface area (Å²) >= 11 is 0. The molecule has 0 atom stereocenters. The van der Waals surface area contributed by atoms with Crippen molar-refractivity contribution >= 4 is 5.91 Å². The average molecular weight is 351 g/mol. The van der Waals surface area contributed by atoms with Gasteiger partial charge in [-0.1, -0.05) is 6.07 Å². The standard InChI is InChI=1S/C18H17N5O3/c24-18(14-4-6-20-17(10-14)23-12-19-11-22-23)21-5-3-13-1-2-15-16(9-13)26-8-7-25-15/h1-2,4,6,9-12H,3,5,7-8H2,(H,21,24). The molecule has 1 N–H and O–H groups in total. The van der Waals surface area contributed by atoms with Gasteiger partial charge in [-0.05, 0) is 36.2 Å². The lowest BCUT2D eigenvalue weighted by Gasteiger charge is -2.18. The second-order valence-electron chi connectivity index (χ2n) is 5.73. The third kappa shape index (κ3) is 3.49. The van der Waals surface area contributed by atoms with Gasteiger partial charge in [-0.15, -0.1) is 0 Å². The molecule has 2 aromatic heterocycles. The molecule has 0 saturated heterocycles. The van der Waals surface area contributed by atoms with E-state index < -0.39 is 0 Å². The molecule has 26 heavy (non-hydrogen) atoms. The number of nitrogens with one attached hydrogen (secondary N) is 1. The van der Waals surface area contributed by atoms with Crippen LogP contribution in [0.4, 0.5) is 0 Å². The molecule has 1 aliphatic heterocycles. The van der Waals surface area contributed by atoms with Crippen molar-refractivity contribution in [2.75, 3.05) is 19.8 Å². The molecule has 3 aromatic rings. The first-order valence-electron chi connectivity index (χ1n) is 8.27. The molecule has 0 fully saturated rings. The zero-order valence-corrected chi connectivity index (χ0v) is 14.0. The van der Waals surface area contributed by atoms with E-state index in [4.69, 9.17) is 9.47 Å². The number of carbonyl (C=O) groups is 1. The van der Waals surface area contributed by atoms with Crippen LogP contribution in [0.25, 0.3) is 5.82 Å². The van der Waals surface area contributed by atoms with E-state index in [9.17, 15) is 4.79 Å². The van der Waals surface area contributed by atoms with Gasteiger partial charge in [0.1, 0.15) is 25.9 Å². The Morgan fingerprint density at radius 3 is 2.88 bits per heavy atom. The molecule has 0 saturated carbocycles. The second kappa shape index (κ2) is 7.22. The summed E-state index contributed by atoms with van der Waals surface area (Å²) in [5.41, 5.74) is 1.60. The number of nitrogens with zero attached hydrogens (tertiary/aromatic N) is 4. The highest BCUT2D eigenvalue weighted by Crippen LogP contribution is 2.30. The van der Waals surface area contributed by atoms with Crippen LogP contribution >= 0.6 is 0 Å². The summed E-state index contributed by atoms with van der Waals surface area (Å²) in [6, 6.07) is 9.18. The van der Waals surface area contributed by atoms with Crippen LogP contribution in [0.5, 0.6) is 11.5 Å². The predicted molar refractivity (Wildman–Crippen MR) is 92.6 cm³/mol. The summed E-state index contributed by atoms with van der Waals surface area (Å²) in [6.45, 7) is 1.65. The molecule has 8 heteroatoms. The maximum Gasteiger partial charge on any atom is 0.251 e. The van der Waals surface area contributed by atoms with Gasteiger partial charge in [-0.3, -0.25) is 4.79 Å². The smallest absolute Gasteiger partial charge is 0.251 e. The van der Waals surface area contributed by atoms with Crippen LogP contribution in [0, 0.1) is 0 Å². The zero-order chi connectivity index (χ0) is 17.8. The summed E-state index contributed by atoms with van der Waals surface area (Å²) in [5, 5.41) is 6.93. The molecule has 1 amide bonds. The van der Waals surface area contributed by atoms with E-state index in [-0.39, 0.29) is 5.91 Å². The van der Waals surface area contributed by atoms with Crippen LogP contribution in [0.1, 0.15) is 15.9 Å². The number of carbonyl (C=O) groups excluding carboxylic acids is 1. The first kappa shape index (κ1) is 16.1. The van der Waals surface area contributed by atoms with Gasteiger partial charge < -0.3 is 14.8 Å². The molecule has 0 radical (unpaired) electrons. The van der Waals surface area contributed by atoms with E-state index in [0.29, 0.717) is 37.6 Å². The molecule has 4 rings (SSSR count). The maximum absolute atomic E-state index is 12.4. The first-order chi connectivity index (χ1) is 12.8. The third-order valence-corrected chi connectivity index (χ3v) is 3.97. The number of amides is 1. The van der Waals surface area contributed by atoms with Crippen molar-refractivity contribution in [3.8, 4) is 17.3 Å². The number of ether oxygens (including phenoxy) is 2. The van der Waals surface area contributed by atoms with Crippen LogP contribution in [0.2, 0.25) is 0 Å². The molecule has 0 aliphatic carbocycles. The SMILES string of the molecule is O=C(NCCc1ccc2c(c1)OCCO2)c1ccnc(-n2cncn2)c1. The van der Waals surface area contributed by atoms with Crippen molar-refractivity contribution in [2.45, 2.75) is 6.42 Å². The van der Waals surface area contributed by atoms with Gasteiger partial charge >= 0.3 is 0 Å². The van der Waals surface area contributed by atoms with Crippen molar-refractivity contribution in [1.82, 2.24) is 25.1 Å². The largest absolute Gasteiger partial charge is 0.486 e. The topological polar surface area (TPSA) is 91.2 Å². The summed E-state index contributed by atoms with van der Waals surface area (Å²) in [6.07, 6.45) is 5.23. The first-order valence-corrected chi connectivity index (χ1v) is 8.27. The Morgan fingerprint density at radius 1 is 1.15 bits per heavy atom. The van der Waals surface area contributed by atoms with Crippen molar-refractivity contribution in [2.24, 2.45) is 0 Å². The summed E-state index contributed by atoms with van der Waals surface area (Å²) in [5.74, 6) is 1.90. The fourth-order valence-electron chi connectivity index (χ4n) is 2.68. The molecule has 1 aromatic carbocycles. The molecular formula is C18H17N5O3. The number of fused-ring (bicyclic) bond motifs is 1. The normalized spacial score (nSPS) is 12.6. The van der Waals surface area contributed by atoms with Crippen LogP contribution in [-0.4, -0.2) is 45.4 Å². The number of rotatable bonds is 5. The van der Waals surface area contributed by atoms with Crippen LogP contribution in [0.15, 0.2) is 49.2 Å². The summed E-state index contributed by atoms with van der Waals surface area (Å²) < 4.78 is 12.6. The Hall–Kier alpha value is -3.42. The lowest BCUT2D eigenvalue weighted by molar-refractivity contribution is 0.0954. The molecule has 132 valence electrons. The van der Waals surface area contributed by atoms with Crippen molar-refractivity contribution < 1.29 is 14.3 Å². The second-order valence-corrected chi connectivity index (χ2v) is 5.73. The fraction of sp³-hybridized carbons (Fsp3) is 0.222. The lowest BCUT2D eigenvalue weighted by atomic mass is 10.1. The molecule has 3 heterocycles. The van der Waals surface area contributed by atoms with Gasteiger partial charge in [0.25, 0.3) is 5.91 Å². The number of hydrogen-bond acceptors (Lipinski definition) is 6. The minimum atomic E-state index is -0.161. The fourth-order valence-corrected chi connectivity index (χ4v) is 2.68. The van der Waals surface area contributed by atoms with Crippen LogP contribution < -0.4 is 14.8 Å². The van der Waals surface area contributed by atoms with E-state index in [1.807, 2.05) is 18.2 Å². The average Bonchev–Trinajstić information content (AvgIpc) is 3.23. The summed E-state index contributed by atoms with van der Waals surface area (Å²) in [7, 11) is 0. The summed E-state index contributed by atoms with van der Waals surface area (Å²) in [4.78, 5) is 20.4. The van der Waals surface area contributed by atoms with E-state index in [1.54, 1.807) is 18.3 Å². The lowest BCUT2D eigenvalue weighted by Crippen LogP contribution is -2.26. The predicted octanol–water partition coefficient (Wildman–Crippen LogP) is 1.41. The van der Waals surface area contributed by atoms with E-state index >= 15 is 0 Å². The Morgan fingerprint density at radius 2 is 2.04 bits per heavy atom. The minimum absolute atomic E-state index is 0.161. The van der Waals surface area contributed by atoms with Gasteiger partial charge in [0, 0.05) is 18.3 Å². The van der Waals surface area contributed by atoms with Crippen molar-refractivity contribution in [1.29, 1.82) is 0 Å². The van der Waals surface area contributed by atoms with E-state index in [1.165, 1.54) is 17.3 Å². The van der Waals surface area contributed by atoms with Gasteiger partial charge in [-0.2, -0.15) is 5.10 Å². The highest BCUT2D eigenvalue weighted by atomic mass is 16.6. The molecule has 0 spiro atoms. The quantitative estimate of drug-likeness (QED) is 0.747. The number of pyridine rings is 1. The number of hydrogen-bond donors (Lipinski definition) is 1. The Bertz CT molecular complexity index is 911. The van der Waals surface area contributed by atoms with Gasteiger partial charge in [0.2, 0.25) is 0 Å². The molecule has 0 bridgehead atoms. The third-order valence-electron chi connectivity index (χ3n) is 3.97. The molecular weight excluding hydrogens is 334 g/mol. The number of benzene rings is 1. The molecule has 8 nitrogen and oxygen atoms in total. The van der Waals surface area contributed by atoms with E-state index in [2.05, 4.69) is 20.4 Å². The van der Waals surface area contributed by atoms with Gasteiger partial charge in [-0.25, -0.2) is 14.6 Å². The van der Waals surface area contributed by atoms with Crippen molar-refractivity contribution in [3.05, 3.63) is 60.3 Å². The highest BCUT2D eigenvalue weighted by molar-refractivity contribution is 5.94. The highest BCUT2D eigenvalue weighted by Gasteiger charge is 2.12. The van der Waals surface area contributed by atoms with E-state index in [0.717, 1.165) is 17.1 Å². The number of aromatic nitrogens is 4. The van der Waals surface area contributed by atoms with Crippen LogP contribution in [-0.2, 0) is 6.42 Å². The monoisotopic (exact) mass is 351 g/mol. The van der Waals surface area contributed by atoms with Gasteiger partial charge in [0.15, 0.2) is 17.3 Å². The zero-order valence-electron chi connectivity index (χ0n) is 14.0. The Labute approximate surface area is 149 Å². The Balaban J connectivity index is 1.36. The molecule has 0 unspecified atom stereocenters. The minimum Gasteiger partial charge on any atom is -0.486 e. The van der Waals surface area contributed by atoms with Crippen molar-refractivity contribution in [3.63, 3.8) is 0 Å². The molecule has 1 aliphatic rings. The van der Waals surface area contributed by atoms with Gasteiger partial charge in [0.05, 0.1) is 0 Å².